The SMILES string of the molecule is Cc1ccc(N=Cc2c(OCC(=O)O)ccc3ccccc23)cc1Cl. The van der Waals surface area contributed by atoms with E-state index in [1.165, 1.54) is 0 Å². The molecular formula is C20H16ClNO3. The molecule has 0 aliphatic rings. The molecule has 0 aromatic heterocycles. The second-order valence-electron chi connectivity index (χ2n) is 5.57. The number of ether oxygens (including phenoxy) is 1. The van der Waals surface area contributed by atoms with Gasteiger partial charge in [0.15, 0.2) is 6.61 Å². The number of hydrogen-bond acceptors (Lipinski definition) is 3. The maximum absolute atomic E-state index is 10.8. The van der Waals surface area contributed by atoms with E-state index in [0.29, 0.717) is 16.5 Å². The Balaban J connectivity index is 2.04. The lowest BCUT2D eigenvalue weighted by Gasteiger charge is -2.10. The Labute approximate surface area is 150 Å². The summed E-state index contributed by atoms with van der Waals surface area (Å²) in [7, 11) is 0. The van der Waals surface area contributed by atoms with Crippen LogP contribution < -0.4 is 4.74 Å². The minimum absolute atomic E-state index is 0.407. The zero-order valence-electron chi connectivity index (χ0n) is 13.6. The zero-order chi connectivity index (χ0) is 17.8. The third-order valence-electron chi connectivity index (χ3n) is 3.78. The van der Waals surface area contributed by atoms with Crippen LogP contribution in [0.5, 0.6) is 5.75 Å². The smallest absolute Gasteiger partial charge is 0.341 e. The molecule has 0 unspecified atom stereocenters. The second-order valence-corrected chi connectivity index (χ2v) is 5.98. The fraction of sp³-hybridized carbons (Fsp3) is 0.100. The normalized spacial score (nSPS) is 11.1. The Morgan fingerprint density at radius 3 is 2.76 bits per heavy atom. The summed E-state index contributed by atoms with van der Waals surface area (Å²) < 4.78 is 5.42. The average molecular weight is 354 g/mol. The van der Waals surface area contributed by atoms with Crippen molar-refractivity contribution in [2.45, 2.75) is 6.92 Å². The highest BCUT2D eigenvalue weighted by Crippen LogP contribution is 2.28. The van der Waals surface area contributed by atoms with Gasteiger partial charge in [-0.25, -0.2) is 4.79 Å². The van der Waals surface area contributed by atoms with Crippen molar-refractivity contribution in [3.8, 4) is 5.75 Å². The number of halogens is 1. The quantitative estimate of drug-likeness (QED) is 0.655. The first-order valence-corrected chi connectivity index (χ1v) is 8.09. The Kier molecular flexibility index (Phi) is 5.00. The van der Waals surface area contributed by atoms with Gasteiger partial charge >= 0.3 is 5.97 Å². The van der Waals surface area contributed by atoms with Crippen LogP contribution in [-0.4, -0.2) is 23.9 Å². The number of aliphatic imine (C=N–C) groups is 1. The highest BCUT2D eigenvalue weighted by Gasteiger charge is 2.09. The second kappa shape index (κ2) is 7.36. The number of carboxylic acids is 1. The van der Waals surface area contributed by atoms with Gasteiger partial charge in [0.25, 0.3) is 0 Å². The molecule has 0 aliphatic carbocycles. The summed E-state index contributed by atoms with van der Waals surface area (Å²) in [5.41, 5.74) is 2.43. The number of carboxylic acid groups (broad SMARTS) is 1. The van der Waals surface area contributed by atoms with E-state index in [1.807, 2.05) is 49.4 Å². The largest absolute Gasteiger partial charge is 0.481 e. The number of rotatable bonds is 5. The first kappa shape index (κ1) is 17.0. The molecule has 0 radical (unpaired) electrons. The first-order valence-electron chi connectivity index (χ1n) is 7.71. The molecule has 0 saturated heterocycles. The van der Waals surface area contributed by atoms with Crippen LogP contribution in [0.1, 0.15) is 11.1 Å². The highest BCUT2D eigenvalue weighted by molar-refractivity contribution is 6.31. The summed E-state index contributed by atoms with van der Waals surface area (Å²) in [5, 5.41) is 11.5. The molecule has 0 amide bonds. The monoisotopic (exact) mass is 353 g/mol. The fourth-order valence-electron chi connectivity index (χ4n) is 2.48. The standard InChI is InChI=1S/C20H16ClNO3/c1-13-6-8-15(10-18(13)21)22-11-17-16-5-3-2-4-14(16)7-9-19(17)25-12-20(23)24/h2-11H,12H2,1H3,(H,23,24). The maximum atomic E-state index is 10.8. The number of aliphatic carboxylic acids is 1. The van der Waals surface area contributed by atoms with E-state index in [-0.39, 0.29) is 0 Å². The van der Waals surface area contributed by atoms with Crippen molar-refractivity contribution >= 4 is 40.2 Å². The molecule has 0 spiro atoms. The molecule has 0 heterocycles. The predicted octanol–water partition coefficient (Wildman–Crippen LogP) is 5.02. The summed E-state index contributed by atoms with van der Waals surface area (Å²) in [4.78, 5) is 15.3. The Bertz CT molecular complexity index is 966. The molecule has 5 heteroatoms. The number of nitrogens with zero attached hydrogens (tertiary/aromatic N) is 1. The van der Waals surface area contributed by atoms with Gasteiger partial charge < -0.3 is 9.84 Å². The Hall–Kier alpha value is -2.85. The number of aryl methyl sites for hydroxylation is 1. The van der Waals surface area contributed by atoms with Crippen molar-refractivity contribution in [3.05, 3.63) is 70.7 Å². The molecule has 3 aromatic rings. The summed E-state index contributed by atoms with van der Waals surface area (Å²) in [5.74, 6) is -0.551. The maximum Gasteiger partial charge on any atom is 0.341 e. The van der Waals surface area contributed by atoms with Gasteiger partial charge in [0.05, 0.1) is 5.69 Å². The minimum Gasteiger partial charge on any atom is -0.481 e. The summed E-state index contributed by atoms with van der Waals surface area (Å²) in [6.45, 7) is 1.52. The third kappa shape index (κ3) is 3.98. The van der Waals surface area contributed by atoms with Gasteiger partial charge in [-0.05, 0) is 41.5 Å². The number of carbonyl (C=O) groups is 1. The van der Waals surface area contributed by atoms with Crippen LogP contribution in [0.3, 0.4) is 0 Å². The third-order valence-corrected chi connectivity index (χ3v) is 4.19. The van der Waals surface area contributed by atoms with E-state index in [9.17, 15) is 4.79 Å². The molecule has 25 heavy (non-hydrogen) atoms. The van der Waals surface area contributed by atoms with Crippen molar-refractivity contribution < 1.29 is 14.6 Å². The lowest BCUT2D eigenvalue weighted by Crippen LogP contribution is -2.10. The van der Waals surface area contributed by atoms with Crippen LogP contribution in [0, 0.1) is 6.92 Å². The van der Waals surface area contributed by atoms with Crippen LogP contribution in [0.25, 0.3) is 10.8 Å². The lowest BCUT2D eigenvalue weighted by molar-refractivity contribution is -0.139. The molecule has 126 valence electrons. The van der Waals surface area contributed by atoms with Gasteiger partial charge in [0.1, 0.15) is 5.75 Å². The molecule has 0 bridgehead atoms. The van der Waals surface area contributed by atoms with E-state index in [0.717, 1.165) is 21.9 Å². The molecule has 0 aliphatic heterocycles. The number of fused-ring (bicyclic) bond motifs is 1. The molecule has 0 atom stereocenters. The summed E-state index contributed by atoms with van der Waals surface area (Å²) >= 11 is 6.14. The van der Waals surface area contributed by atoms with Crippen LogP contribution in [0.2, 0.25) is 5.02 Å². The topological polar surface area (TPSA) is 58.9 Å². The van der Waals surface area contributed by atoms with Crippen LogP contribution in [-0.2, 0) is 4.79 Å². The molecule has 0 fully saturated rings. The molecular weight excluding hydrogens is 338 g/mol. The molecule has 1 N–H and O–H groups in total. The molecule has 3 rings (SSSR count). The fourth-order valence-corrected chi connectivity index (χ4v) is 2.65. The van der Waals surface area contributed by atoms with Gasteiger partial charge in [0, 0.05) is 16.8 Å². The molecule has 4 nitrogen and oxygen atoms in total. The van der Waals surface area contributed by atoms with E-state index in [2.05, 4.69) is 4.99 Å². The van der Waals surface area contributed by atoms with Crippen molar-refractivity contribution in [3.63, 3.8) is 0 Å². The van der Waals surface area contributed by atoms with E-state index in [4.69, 9.17) is 21.4 Å². The van der Waals surface area contributed by atoms with Gasteiger partial charge in [-0.2, -0.15) is 0 Å². The van der Waals surface area contributed by atoms with E-state index >= 15 is 0 Å². The minimum atomic E-state index is -1.03. The zero-order valence-corrected chi connectivity index (χ0v) is 14.3. The van der Waals surface area contributed by atoms with Crippen molar-refractivity contribution in [1.29, 1.82) is 0 Å². The van der Waals surface area contributed by atoms with Crippen LogP contribution in [0.15, 0.2) is 59.6 Å². The highest BCUT2D eigenvalue weighted by atomic mass is 35.5. The lowest BCUT2D eigenvalue weighted by atomic mass is 10.0. The van der Waals surface area contributed by atoms with Gasteiger partial charge in [-0.1, -0.05) is 48.0 Å². The Morgan fingerprint density at radius 2 is 2.00 bits per heavy atom. The van der Waals surface area contributed by atoms with Crippen molar-refractivity contribution in [2.24, 2.45) is 4.99 Å². The molecule has 3 aromatic carbocycles. The first-order chi connectivity index (χ1) is 12.0. The Morgan fingerprint density at radius 1 is 1.20 bits per heavy atom. The van der Waals surface area contributed by atoms with Crippen molar-refractivity contribution in [1.82, 2.24) is 0 Å². The predicted molar refractivity (Wildman–Crippen MR) is 101 cm³/mol. The number of hydrogen-bond donors (Lipinski definition) is 1. The van der Waals surface area contributed by atoms with Gasteiger partial charge in [-0.3, -0.25) is 4.99 Å². The van der Waals surface area contributed by atoms with Gasteiger partial charge in [0.2, 0.25) is 0 Å². The van der Waals surface area contributed by atoms with Crippen LogP contribution in [0.4, 0.5) is 5.69 Å². The average Bonchev–Trinajstić information content (AvgIpc) is 2.61. The molecule has 0 saturated carbocycles. The number of benzene rings is 3. The van der Waals surface area contributed by atoms with Crippen molar-refractivity contribution in [2.75, 3.05) is 6.61 Å². The summed E-state index contributed by atoms with van der Waals surface area (Å²) in [6, 6.07) is 17.0. The van der Waals surface area contributed by atoms with Gasteiger partial charge in [-0.15, -0.1) is 0 Å². The van der Waals surface area contributed by atoms with E-state index in [1.54, 1.807) is 18.3 Å². The van der Waals surface area contributed by atoms with Crippen LogP contribution >= 0.6 is 11.6 Å². The summed E-state index contributed by atoms with van der Waals surface area (Å²) in [6.07, 6.45) is 1.68. The van der Waals surface area contributed by atoms with E-state index < -0.39 is 12.6 Å².